The van der Waals surface area contributed by atoms with Crippen molar-refractivity contribution in [2.24, 2.45) is 0 Å². The van der Waals surface area contributed by atoms with Crippen molar-refractivity contribution in [3.05, 3.63) is 182 Å². The summed E-state index contributed by atoms with van der Waals surface area (Å²) in [5.74, 6) is 3.78. The Morgan fingerprint density at radius 2 is 0.691 bits per heavy atom. The minimum atomic E-state index is 0.615. The number of hydrogen-bond donors (Lipinski definition) is 0. The maximum Gasteiger partial charge on any atom is 0.165 e. The predicted octanol–water partition coefficient (Wildman–Crippen LogP) is 12.1. The molecule has 10 rings (SSSR count). The van der Waals surface area contributed by atoms with E-state index in [1.54, 1.807) is 11.3 Å². The molecule has 0 atom stereocenters. The molecule has 0 saturated carbocycles. The van der Waals surface area contributed by atoms with Gasteiger partial charge >= 0.3 is 0 Å². The number of rotatable bonds is 7. The van der Waals surface area contributed by atoms with Crippen molar-refractivity contribution in [3.63, 3.8) is 0 Å². The molecular weight excluding hydrogens is 693 g/mol. The molecule has 258 valence electrons. The Hall–Kier alpha value is -7.22. The molecule has 0 aliphatic carbocycles. The minimum Gasteiger partial charge on any atom is -0.208 e. The summed E-state index contributed by atoms with van der Waals surface area (Å²) in [7, 11) is 0. The average Bonchev–Trinajstić information content (AvgIpc) is 3.66. The molecule has 55 heavy (non-hydrogen) atoms. The van der Waals surface area contributed by atoms with Crippen LogP contribution in [0, 0.1) is 0 Å². The number of benzene rings is 7. The molecule has 3 heterocycles. The van der Waals surface area contributed by atoms with E-state index < -0.39 is 0 Å². The predicted molar refractivity (Wildman–Crippen MR) is 224 cm³/mol. The van der Waals surface area contributed by atoms with E-state index in [9.17, 15) is 0 Å². The quantitative estimate of drug-likeness (QED) is 0.163. The monoisotopic (exact) mass is 722 g/mol. The fourth-order valence-electron chi connectivity index (χ4n) is 6.86. The van der Waals surface area contributed by atoms with Crippen molar-refractivity contribution in [3.8, 4) is 79.5 Å². The molecule has 7 heteroatoms. The average molecular weight is 723 g/mol. The molecule has 0 bridgehead atoms. The highest BCUT2D eigenvalue weighted by atomic mass is 32.1. The molecule has 0 unspecified atom stereocenters. The standard InChI is InChI=1S/C48H30N6S/c1-5-15-31(16-6-1)35-23-13-24-36(29-35)46-50-43(32-17-7-2-8-18-32)51-47(52-46)37-27-28-41-40(30-37)38-25-14-26-39(42(38)55-41)48-53-44(33-19-9-3-10-20-33)49-45(54-48)34-21-11-4-12-22-34/h1-30H. The molecule has 0 aliphatic rings. The first-order valence-electron chi connectivity index (χ1n) is 18.0. The summed E-state index contributed by atoms with van der Waals surface area (Å²) in [5, 5.41) is 2.24. The lowest BCUT2D eigenvalue weighted by Crippen LogP contribution is -2.00. The zero-order valence-electron chi connectivity index (χ0n) is 29.4. The van der Waals surface area contributed by atoms with E-state index in [4.69, 9.17) is 29.9 Å². The Bertz CT molecular complexity index is 2910. The van der Waals surface area contributed by atoms with Crippen LogP contribution in [0.25, 0.3) is 99.6 Å². The lowest BCUT2D eigenvalue weighted by atomic mass is 10.0. The van der Waals surface area contributed by atoms with Crippen LogP contribution < -0.4 is 0 Å². The maximum absolute atomic E-state index is 5.10. The molecule has 0 N–H and O–H groups in total. The van der Waals surface area contributed by atoms with E-state index in [1.165, 1.54) is 0 Å². The second-order valence-electron chi connectivity index (χ2n) is 13.2. The van der Waals surface area contributed by atoms with Gasteiger partial charge < -0.3 is 0 Å². The maximum atomic E-state index is 5.10. The van der Waals surface area contributed by atoms with Gasteiger partial charge in [-0.2, -0.15) is 0 Å². The fourth-order valence-corrected chi connectivity index (χ4v) is 8.05. The van der Waals surface area contributed by atoms with Crippen molar-refractivity contribution in [2.75, 3.05) is 0 Å². The highest BCUT2D eigenvalue weighted by Gasteiger charge is 2.18. The molecule has 3 aromatic heterocycles. The van der Waals surface area contributed by atoms with Crippen molar-refractivity contribution < 1.29 is 0 Å². The van der Waals surface area contributed by atoms with Gasteiger partial charge in [-0.1, -0.05) is 152 Å². The Morgan fingerprint density at radius 1 is 0.273 bits per heavy atom. The van der Waals surface area contributed by atoms with Gasteiger partial charge in [0.1, 0.15) is 0 Å². The normalized spacial score (nSPS) is 11.3. The summed E-state index contributed by atoms with van der Waals surface area (Å²) < 4.78 is 2.26. The van der Waals surface area contributed by atoms with E-state index in [-0.39, 0.29) is 0 Å². The Morgan fingerprint density at radius 3 is 1.24 bits per heavy atom. The van der Waals surface area contributed by atoms with Crippen molar-refractivity contribution >= 4 is 31.5 Å². The molecule has 0 amide bonds. The Labute approximate surface area is 321 Å². The van der Waals surface area contributed by atoms with Crippen molar-refractivity contribution in [1.29, 1.82) is 0 Å². The molecule has 0 saturated heterocycles. The number of fused-ring (bicyclic) bond motifs is 3. The largest absolute Gasteiger partial charge is 0.208 e. The summed E-state index contributed by atoms with van der Waals surface area (Å²) in [6.07, 6.45) is 0. The van der Waals surface area contributed by atoms with Gasteiger partial charge in [0.25, 0.3) is 0 Å². The van der Waals surface area contributed by atoms with Crippen LogP contribution >= 0.6 is 11.3 Å². The number of aromatic nitrogens is 6. The van der Waals surface area contributed by atoms with Crippen molar-refractivity contribution in [1.82, 2.24) is 29.9 Å². The van der Waals surface area contributed by atoms with Crippen LogP contribution in [0.1, 0.15) is 0 Å². The van der Waals surface area contributed by atoms with E-state index in [1.807, 2.05) is 97.1 Å². The van der Waals surface area contributed by atoms with E-state index >= 15 is 0 Å². The van der Waals surface area contributed by atoms with Crippen LogP contribution in [0.15, 0.2) is 182 Å². The fraction of sp³-hybridized carbons (Fsp3) is 0. The second-order valence-corrected chi connectivity index (χ2v) is 14.2. The first kappa shape index (κ1) is 32.4. The summed E-state index contributed by atoms with van der Waals surface area (Å²) in [4.78, 5) is 30.1. The molecule has 6 nitrogen and oxygen atoms in total. The van der Waals surface area contributed by atoms with E-state index in [0.717, 1.165) is 64.7 Å². The van der Waals surface area contributed by atoms with Crippen LogP contribution in [-0.4, -0.2) is 29.9 Å². The first-order valence-corrected chi connectivity index (χ1v) is 18.9. The van der Waals surface area contributed by atoms with Crippen LogP contribution in [0.2, 0.25) is 0 Å². The van der Waals surface area contributed by atoms with Crippen LogP contribution in [0.3, 0.4) is 0 Å². The lowest BCUT2D eigenvalue weighted by molar-refractivity contribution is 1.07. The molecule has 7 aromatic carbocycles. The SMILES string of the molecule is c1ccc(-c2cccc(-c3nc(-c4ccccc4)nc(-c4ccc5sc6c(-c7nc(-c8ccccc8)nc(-c8ccccc8)n7)cccc6c5c4)n3)c2)cc1. The molecule has 0 radical (unpaired) electrons. The van der Waals surface area contributed by atoms with Gasteiger partial charge in [-0.05, 0) is 41.5 Å². The second kappa shape index (κ2) is 14.0. The molecule has 0 spiro atoms. The molecule has 0 fully saturated rings. The lowest BCUT2D eigenvalue weighted by Gasteiger charge is -2.10. The third kappa shape index (κ3) is 6.33. The van der Waals surface area contributed by atoms with Gasteiger partial charge in [0.05, 0.1) is 0 Å². The molecule has 0 aliphatic heterocycles. The Kier molecular flexibility index (Phi) is 8.24. The minimum absolute atomic E-state index is 0.615. The zero-order chi connectivity index (χ0) is 36.6. The van der Waals surface area contributed by atoms with Gasteiger partial charge in [-0.3, -0.25) is 0 Å². The smallest absolute Gasteiger partial charge is 0.165 e. The number of nitrogens with zero attached hydrogens (tertiary/aromatic N) is 6. The topological polar surface area (TPSA) is 77.3 Å². The zero-order valence-corrected chi connectivity index (χ0v) is 30.2. The van der Waals surface area contributed by atoms with Crippen LogP contribution in [-0.2, 0) is 0 Å². The van der Waals surface area contributed by atoms with Gasteiger partial charge in [-0.25, -0.2) is 29.9 Å². The summed E-state index contributed by atoms with van der Waals surface area (Å²) in [5.41, 5.74) is 7.86. The van der Waals surface area contributed by atoms with Crippen molar-refractivity contribution in [2.45, 2.75) is 0 Å². The Balaban J connectivity index is 1.11. The summed E-state index contributed by atoms with van der Waals surface area (Å²) >= 11 is 1.74. The number of hydrogen-bond acceptors (Lipinski definition) is 7. The third-order valence-corrected chi connectivity index (χ3v) is 10.8. The van der Waals surface area contributed by atoms with E-state index in [2.05, 4.69) is 84.9 Å². The van der Waals surface area contributed by atoms with Crippen LogP contribution in [0.5, 0.6) is 0 Å². The third-order valence-electron chi connectivity index (χ3n) is 9.59. The summed E-state index contributed by atoms with van der Waals surface area (Å²) in [6.45, 7) is 0. The van der Waals surface area contributed by atoms with E-state index in [0.29, 0.717) is 34.9 Å². The molecular formula is C48H30N6S. The highest BCUT2D eigenvalue weighted by Crippen LogP contribution is 2.41. The van der Waals surface area contributed by atoms with Gasteiger partial charge in [0.2, 0.25) is 0 Å². The van der Waals surface area contributed by atoms with Crippen LogP contribution in [0.4, 0.5) is 0 Å². The highest BCUT2D eigenvalue weighted by molar-refractivity contribution is 7.26. The van der Waals surface area contributed by atoms with Gasteiger partial charge in [0.15, 0.2) is 34.9 Å². The molecule has 10 aromatic rings. The first-order chi connectivity index (χ1) is 27.2. The van der Waals surface area contributed by atoms with Gasteiger partial charge in [0, 0.05) is 53.6 Å². The summed E-state index contributed by atoms with van der Waals surface area (Å²) in [6, 6.07) is 61.8. The van der Waals surface area contributed by atoms with Gasteiger partial charge in [-0.15, -0.1) is 11.3 Å². The number of thiophene rings is 1.